The maximum atomic E-state index is 6.02. The van der Waals surface area contributed by atoms with Crippen LogP contribution in [-0.4, -0.2) is 6.54 Å². The summed E-state index contributed by atoms with van der Waals surface area (Å²) in [6.45, 7) is 5.45. The molecule has 0 saturated carbocycles. The zero-order valence-corrected chi connectivity index (χ0v) is 14.6. The van der Waals surface area contributed by atoms with E-state index in [0.29, 0.717) is 0 Å². The number of halogens is 1. The van der Waals surface area contributed by atoms with Crippen molar-refractivity contribution in [2.75, 3.05) is 11.9 Å². The van der Waals surface area contributed by atoms with Crippen LogP contribution < -0.4 is 5.32 Å². The lowest BCUT2D eigenvalue weighted by Gasteiger charge is -2.09. The van der Waals surface area contributed by atoms with Crippen molar-refractivity contribution in [3.63, 3.8) is 0 Å². The summed E-state index contributed by atoms with van der Waals surface area (Å²) in [6, 6.07) is 6.04. The molecule has 120 valence electrons. The van der Waals surface area contributed by atoms with Crippen molar-refractivity contribution in [3.8, 4) is 0 Å². The van der Waals surface area contributed by atoms with Crippen LogP contribution in [0, 0.1) is 6.92 Å². The number of unbranched alkanes of at least 4 members (excludes halogenated alkanes) is 9. The minimum Gasteiger partial charge on any atom is -0.385 e. The van der Waals surface area contributed by atoms with Crippen LogP contribution in [0.15, 0.2) is 18.2 Å². The van der Waals surface area contributed by atoms with Gasteiger partial charge in [0.1, 0.15) is 0 Å². The number of hydrogen-bond acceptors (Lipinski definition) is 1. The highest BCUT2D eigenvalue weighted by Gasteiger charge is 1.98. The van der Waals surface area contributed by atoms with E-state index in [1.165, 1.54) is 75.5 Å². The Kier molecular flexibility index (Phi) is 10.4. The van der Waals surface area contributed by atoms with E-state index in [-0.39, 0.29) is 0 Å². The molecule has 21 heavy (non-hydrogen) atoms. The molecule has 0 aliphatic carbocycles. The molecule has 0 aromatic heterocycles. The molecule has 0 aliphatic rings. The molecule has 0 saturated heterocycles. The molecule has 0 aliphatic heterocycles. The van der Waals surface area contributed by atoms with E-state index in [1.807, 2.05) is 12.1 Å². The van der Waals surface area contributed by atoms with Gasteiger partial charge >= 0.3 is 0 Å². The first-order valence-corrected chi connectivity index (χ1v) is 9.12. The number of benzene rings is 1. The number of anilines is 1. The predicted octanol–water partition coefficient (Wildman–Crippen LogP) is 6.98. The van der Waals surface area contributed by atoms with Crippen LogP contribution in [0.3, 0.4) is 0 Å². The monoisotopic (exact) mass is 309 g/mol. The molecule has 0 atom stereocenters. The van der Waals surface area contributed by atoms with Gasteiger partial charge in [0.05, 0.1) is 0 Å². The third-order valence-corrected chi connectivity index (χ3v) is 4.28. The molecule has 1 aromatic rings. The van der Waals surface area contributed by atoms with Crippen molar-refractivity contribution in [1.82, 2.24) is 0 Å². The van der Waals surface area contributed by atoms with Crippen molar-refractivity contribution in [2.45, 2.75) is 78.1 Å². The van der Waals surface area contributed by atoms with Gasteiger partial charge in [-0.05, 0) is 31.0 Å². The summed E-state index contributed by atoms with van der Waals surface area (Å²) in [7, 11) is 0. The largest absolute Gasteiger partial charge is 0.385 e. The fraction of sp³-hybridized carbons (Fsp3) is 0.684. The van der Waals surface area contributed by atoms with E-state index in [4.69, 9.17) is 11.6 Å². The van der Waals surface area contributed by atoms with E-state index in [2.05, 4.69) is 25.2 Å². The molecule has 1 N–H and O–H groups in total. The number of rotatable bonds is 12. The Hall–Kier alpha value is -0.690. The second-order valence-corrected chi connectivity index (χ2v) is 6.50. The summed E-state index contributed by atoms with van der Waals surface area (Å²) in [4.78, 5) is 0. The number of hydrogen-bond donors (Lipinski definition) is 1. The molecular weight excluding hydrogens is 278 g/mol. The van der Waals surface area contributed by atoms with Gasteiger partial charge in [-0.3, -0.25) is 0 Å². The molecule has 0 heterocycles. The second kappa shape index (κ2) is 11.9. The number of nitrogens with one attached hydrogen (secondary N) is 1. The Morgan fingerprint density at radius 1 is 0.857 bits per heavy atom. The van der Waals surface area contributed by atoms with Crippen LogP contribution in [0.25, 0.3) is 0 Å². The first kappa shape index (κ1) is 18.4. The zero-order chi connectivity index (χ0) is 15.3. The SMILES string of the molecule is CCCCCCCCCCCCNc1cc(Cl)ccc1C. The van der Waals surface area contributed by atoms with Gasteiger partial charge in [-0.2, -0.15) is 0 Å². The quantitative estimate of drug-likeness (QED) is 0.411. The molecule has 2 heteroatoms. The van der Waals surface area contributed by atoms with Crippen LogP contribution in [0.2, 0.25) is 5.02 Å². The third-order valence-electron chi connectivity index (χ3n) is 4.05. The van der Waals surface area contributed by atoms with Crippen molar-refractivity contribution in [1.29, 1.82) is 0 Å². The molecule has 0 bridgehead atoms. The summed E-state index contributed by atoms with van der Waals surface area (Å²) >= 11 is 6.02. The van der Waals surface area contributed by atoms with Gasteiger partial charge in [0.15, 0.2) is 0 Å². The first-order chi connectivity index (χ1) is 10.2. The highest BCUT2D eigenvalue weighted by Crippen LogP contribution is 2.20. The summed E-state index contributed by atoms with van der Waals surface area (Å²) in [5, 5.41) is 4.31. The molecular formula is C19H32ClN. The normalized spacial score (nSPS) is 10.8. The summed E-state index contributed by atoms with van der Waals surface area (Å²) in [5.74, 6) is 0. The lowest BCUT2D eigenvalue weighted by molar-refractivity contribution is 0.560. The standard InChI is InChI=1S/C19H32ClN/c1-3-4-5-6-7-8-9-10-11-12-15-21-19-16-18(20)14-13-17(19)2/h13-14,16,21H,3-12,15H2,1-2H3. The van der Waals surface area contributed by atoms with Gasteiger partial charge in [-0.1, -0.05) is 82.4 Å². The van der Waals surface area contributed by atoms with E-state index < -0.39 is 0 Å². The van der Waals surface area contributed by atoms with Crippen LogP contribution in [0.1, 0.15) is 76.7 Å². The fourth-order valence-electron chi connectivity index (χ4n) is 2.62. The lowest BCUT2D eigenvalue weighted by Crippen LogP contribution is -2.02. The molecule has 0 fully saturated rings. The maximum absolute atomic E-state index is 6.02. The second-order valence-electron chi connectivity index (χ2n) is 6.07. The van der Waals surface area contributed by atoms with E-state index in [1.54, 1.807) is 0 Å². The Bertz CT molecular complexity index is 376. The van der Waals surface area contributed by atoms with Crippen LogP contribution in [0.4, 0.5) is 5.69 Å². The van der Waals surface area contributed by atoms with Crippen molar-refractivity contribution >= 4 is 17.3 Å². The molecule has 0 spiro atoms. The average Bonchev–Trinajstić information content (AvgIpc) is 2.48. The zero-order valence-electron chi connectivity index (χ0n) is 13.9. The first-order valence-electron chi connectivity index (χ1n) is 8.74. The molecule has 1 nitrogen and oxygen atoms in total. The van der Waals surface area contributed by atoms with Crippen LogP contribution in [0.5, 0.6) is 0 Å². The average molecular weight is 310 g/mol. The van der Waals surface area contributed by atoms with E-state index >= 15 is 0 Å². The Morgan fingerprint density at radius 2 is 1.43 bits per heavy atom. The Balaban J connectivity index is 1.94. The van der Waals surface area contributed by atoms with Gasteiger partial charge in [0.25, 0.3) is 0 Å². The highest BCUT2D eigenvalue weighted by molar-refractivity contribution is 6.30. The van der Waals surface area contributed by atoms with Gasteiger partial charge in [-0.15, -0.1) is 0 Å². The van der Waals surface area contributed by atoms with Crippen molar-refractivity contribution in [2.24, 2.45) is 0 Å². The smallest absolute Gasteiger partial charge is 0.0426 e. The number of aryl methyl sites for hydroxylation is 1. The molecule has 0 amide bonds. The summed E-state index contributed by atoms with van der Waals surface area (Å²) in [5.41, 5.74) is 2.45. The Labute approximate surface area is 136 Å². The van der Waals surface area contributed by atoms with Gasteiger partial charge < -0.3 is 5.32 Å². The molecule has 1 aromatic carbocycles. The van der Waals surface area contributed by atoms with E-state index in [9.17, 15) is 0 Å². The third kappa shape index (κ3) is 9.03. The van der Waals surface area contributed by atoms with Gasteiger partial charge in [0, 0.05) is 17.3 Å². The van der Waals surface area contributed by atoms with Crippen molar-refractivity contribution in [3.05, 3.63) is 28.8 Å². The summed E-state index contributed by atoms with van der Waals surface area (Å²) in [6.07, 6.45) is 13.8. The van der Waals surface area contributed by atoms with E-state index in [0.717, 1.165) is 11.6 Å². The summed E-state index contributed by atoms with van der Waals surface area (Å²) < 4.78 is 0. The molecule has 1 rings (SSSR count). The minimum atomic E-state index is 0.811. The topological polar surface area (TPSA) is 12.0 Å². The maximum Gasteiger partial charge on any atom is 0.0426 e. The predicted molar refractivity (Wildman–Crippen MR) is 96.5 cm³/mol. The van der Waals surface area contributed by atoms with Gasteiger partial charge in [0.2, 0.25) is 0 Å². The molecule has 0 radical (unpaired) electrons. The van der Waals surface area contributed by atoms with Crippen LogP contribution in [-0.2, 0) is 0 Å². The van der Waals surface area contributed by atoms with Crippen molar-refractivity contribution < 1.29 is 0 Å². The highest BCUT2D eigenvalue weighted by atomic mass is 35.5. The fourth-order valence-corrected chi connectivity index (χ4v) is 2.79. The van der Waals surface area contributed by atoms with Crippen LogP contribution >= 0.6 is 11.6 Å². The molecule has 0 unspecified atom stereocenters. The minimum absolute atomic E-state index is 0.811. The van der Waals surface area contributed by atoms with Gasteiger partial charge in [-0.25, -0.2) is 0 Å². The lowest BCUT2D eigenvalue weighted by atomic mass is 10.1. The Morgan fingerprint density at radius 3 is 2.05 bits per heavy atom.